The first kappa shape index (κ1) is 15.1. The smallest absolute Gasteiger partial charge is 0.337 e. The van der Waals surface area contributed by atoms with Gasteiger partial charge in [0, 0.05) is 6.07 Å². The van der Waals surface area contributed by atoms with E-state index in [1.54, 1.807) is 24.3 Å². The highest BCUT2D eigenvalue weighted by atomic mass is 16.6. The summed E-state index contributed by atoms with van der Waals surface area (Å²) in [5, 5.41) is 14.4. The van der Waals surface area contributed by atoms with Gasteiger partial charge in [-0.05, 0) is 23.8 Å². The molecule has 1 N–H and O–H groups in total. The predicted octanol–water partition coefficient (Wildman–Crippen LogP) is 2.22. The van der Waals surface area contributed by atoms with Crippen molar-refractivity contribution in [2.45, 2.75) is 0 Å². The minimum atomic E-state index is -0.525. The number of nitrogens with one attached hydrogen (secondary N) is 1. The first-order valence-electron chi connectivity index (χ1n) is 6.18. The Morgan fingerprint density at radius 2 is 2.05 bits per heavy atom. The van der Waals surface area contributed by atoms with Crippen molar-refractivity contribution in [3.63, 3.8) is 0 Å². The Bertz CT molecular complexity index is 696. The van der Waals surface area contributed by atoms with Crippen molar-refractivity contribution < 1.29 is 14.5 Å². The van der Waals surface area contributed by atoms with E-state index >= 15 is 0 Å². The van der Waals surface area contributed by atoms with Crippen LogP contribution >= 0.6 is 0 Å². The summed E-state index contributed by atoms with van der Waals surface area (Å²) >= 11 is 0. The second kappa shape index (κ2) is 6.93. The van der Waals surface area contributed by atoms with Crippen molar-refractivity contribution in [3.05, 3.63) is 63.8 Å². The van der Waals surface area contributed by atoms with Crippen LogP contribution in [0.15, 0.2) is 47.7 Å². The molecule has 0 saturated heterocycles. The molecule has 112 valence electrons. The van der Waals surface area contributed by atoms with Gasteiger partial charge < -0.3 is 4.74 Å². The maximum Gasteiger partial charge on any atom is 0.337 e. The van der Waals surface area contributed by atoms with Crippen LogP contribution in [0.2, 0.25) is 0 Å². The third-order valence-corrected chi connectivity index (χ3v) is 2.68. The van der Waals surface area contributed by atoms with E-state index in [1.807, 2.05) is 0 Å². The second-order valence-electron chi connectivity index (χ2n) is 4.14. The van der Waals surface area contributed by atoms with Gasteiger partial charge >= 0.3 is 5.97 Å². The van der Waals surface area contributed by atoms with Gasteiger partial charge in [0.25, 0.3) is 5.69 Å². The normalized spacial score (nSPS) is 10.4. The molecule has 0 aliphatic rings. The number of rotatable bonds is 5. The number of aromatic nitrogens is 1. The number of pyridine rings is 1. The maximum absolute atomic E-state index is 11.3. The predicted molar refractivity (Wildman–Crippen MR) is 79.9 cm³/mol. The fourth-order valence-corrected chi connectivity index (χ4v) is 1.56. The molecule has 0 aliphatic heterocycles. The number of carbonyl (C=O) groups is 1. The summed E-state index contributed by atoms with van der Waals surface area (Å²) in [5.41, 5.74) is 3.78. The second-order valence-corrected chi connectivity index (χ2v) is 4.14. The third-order valence-electron chi connectivity index (χ3n) is 2.68. The van der Waals surface area contributed by atoms with Crippen molar-refractivity contribution in [2.75, 3.05) is 12.5 Å². The van der Waals surface area contributed by atoms with E-state index in [1.165, 1.54) is 25.5 Å². The zero-order valence-electron chi connectivity index (χ0n) is 11.6. The molecular weight excluding hydrogens is 288 g/mol. The average molecular weight is 300 g/mol. The lowest BCUT2D eigenvalue weighted by Gasteiger charge is -2.00. The van der Waals surface area contributed by atoms with E-state index < -0.39 is 10.9 Å². The fourth-order valence-electron chi connectivity index (χ4n) is 1.56. The van der Waals surface area contributed by atoms with Gasteiger partial charge in [-0.25, -0.2) is 9.78 Å². The lowest BCUT2D eigenvalue weighted by atomic mass is 10.1. The van der Waals surface area contributed by atoms with Crippen molar-refractivity contribution in [1.82, 2.24) is 4.98 Å². The lowest BCUT2D eigenvalue weighted by Crippen LogP contribution is -2.01. The average Bonchev–Trinajstić information content (AvgIpc) is 2.55. The number of anilines is 1. The SMILES string of the molecule is COC(=O)c1ccc(/C=N/Nc2ccc([N+](=O)[O-])cn2)cc1. The van der Waals surface area contributed by atoms with Crippen LogP contribution in [0.5, 0.6) is 0 Å². The molecule has 0 bridgehead atoms. The van der Waals surface area contributed by atoms with Gasteiger partial charge in [-0.1, -0.05) is 12.1 Å². The summed E-state index contributed by atoms with van der Waals surface area (Å²) in [6.07, 6.45) is 2.67. The van der Waals surface area contributed by atoms with Crippen molar-refractivity contribution in [2.24, 2.45) is 5.10 Å². The van der Waals surface area contributed by atoms with E-state index in [4.69, 9.17) is 0 Å². The number of carbonyl (C=O) groups excluding carboxylic acids is 1. The highest BCUT2D eigenvalue weighted by Gasteiger charge is 2.05. The van der Waals surface area contributed by atoms with Gasteiger partial charge in [-0.2, -0.15) is 5.10 Å². The summed E-state index contributed by atoms with van der Waals surface area (Å²) in [6, 6.07) is 9.45. The Morgan fingerprint density at radius 1 is 1.32 bits per heavy atom. The Kier molecular flexibility index (Phi) is 4.76. The van der Waals surface area contributed by atoms with Crippen LogP contribution in [0.25, 0.3) is 0 Å². The number of nitro groups is 1. The summed E-state index contributed by atoms with van der Waals surface area (Å²) in [4.78, 5) is 25.1. The highest BCUT2D eigenvalue weighted by molar-refractivity contribution is 5.90. The van der Waals surface area contributed by atoms with Crippen LogP contribution in [0.3, 0.4) is 0 Å². The molecule has 0 spiro atoms. The number of hydrazone groups is 1. The molecule has 2 rings (SSSR count). The number of methoxy groups -OCH3 is 1. The third kappa shape index (κ3) is 3.85. The number of esters is 1. The van der Waals surface area contributed by atoms with Gasteiger partial charge in [0.15, 0.2) is 0 Å². The van der Waals surface area contributed by atoms with E-state index in [0.29, 0.717) is 11.4 Å². The molecule has 0 fully saturated rings. The Labute approximate surface area is 125 Å². The monoisotopic (exact) mass is 300 g/mol. The van der Waals surface area contributed by atoms with Gasteiger partial charge in [0.05, 0.1) is 23.8 Å². The molecule has 22 heavy (non-hydrogen) atoms. The first-order chi connectivity index (χ1) is 10.6. The molecule has 1 aromatic heterocycles. The molecular formula is C14H12N4O4. The van der Waals surface area contributed by atoms with Crippen LogP contribution < -0.4 is 5.43 Å². The molecule has 1 aromatic carbocycles. The highest BCUT2D eigenvalue weighted by Crippen LogP contribution is 2.11. The van der Waals surface area contributed by atoms with E-state index in [9.17, 15) is 14.9 Å². The molecule has 0 radical (unpaired) electrons. The summed E-state index contributed by atoms with van der Waals surface area (Å²) < 4.78 is 4.60. The van der Waals surface area contributed by atoms with Crippen LogP contribution in [-0.4, -0.2) is 29.2 Å². The number of hydrogen-bond donors (Lipinski definition) is 1. The summed E-state index contributed by atoms with van der Waals surface area (Å²) in [6.45, 7) is 0. The summed E-state index contributed by atoms with van der Waals surface area (Å²) in [5.74, 6) is -0.0234. The molecule has 0 unspecified atom stereocenters. The van der Waals surface area contributed by atoms with E-state index in [-0.39, 0.29) is 5.69 Å². The summed E-state index contributed by atoms with van der Waals surface area (Å²) in [7, 11) is 1.32. The number of ether oxygens (including phenoxy) is 1. The Balaban J connectivity index is 1.97. The molecule has 1 heterocycles. The standard InChI is InChI=1S/C14H12N4O4/c1-22-14(19)11-4-2-10(3-5-11)8-16-17-13-7-6-12(9-15-13)18(20)21/h2-9H,1H3,(H,15,17)/b16-8+. The molecule has 0 aliphatic carbocycles. The number of benzene rings is 1. The number of hydrogen-bond acceptors (Lipinski definition) is 7. The molecule has 0 saturated carbocycles. The lowest BCUT2D eigenvalue weighted by molar-refractivity contribution is -0.385. The van der Waals surface area contributed by atoms with Crippen LogP contribution in [0.4, 0.5) is 11.5 Å². The van der Waals surface area contributed by atoms with Gasteiger partial charge in [-0.15, -0.1) is 0 Å². The molecule has 8 nitrogen and oxygen atoms in total. The molecule has 0 amide bonds. The van der Waals surface area contributed by atoms with Crippen molar-refractivity contribution in [3.8, 4) is 0 Å². The van der Waals surface area contributed by atoms with Gasteiger partial charge in [0.1, 0.15) is 12.0 Å². The molecule has 2 aromatic rings. The molecule has 8 heteroatoms. The minimum absolute atomic E-state index is 0.0899. The largest absolute Gasteiger partial charge is 0.465 e. The van der Waals surface area contributed by atoms with E-state index in [0.717, 1.165) is 11.8 Å². The van der Waals surface area contributed by atoms with Crippen LogP contribution in [0.1, 0.15) is 15.9 Å². The van der Waals surface area contributed by atoms with Gasteiger partial charge in [-0.3, -0.25) is 15.5 Å². The first-order valence-corrected chi connectivity index (χ1v) is 6.18. The zero-order valence-corrected chi connectivity index (χ0v) is 11.6. The van der Waals surface area contributed by atoms with Crippen LogP contribution in [0, 0.1) is 10.1 Å². The fraction of sp³-hybridized carbons (Fsp3) is 0.0714. The quantitative estimate of drug-likeness (QED) is 0.392. The maximum atomic E-state index is 11.3. The topological polar surface area (TPSA) is 107 Å². The Morgan fingerprint density at radius 3 is 2.59 bits per heavy atom. The van der Waals surface area contributed by atoms with Crippen LogP contribution in [-0.2, 0) is 4.74 Å². The zero-order chi connectivity index (χ0) is 15.9. The Hall–Kier alpha value is -3.29. The molecule has 0 atom stereocenters. The van der Waals surface area contributed by atoms with Crippen molar-refractivity contribution >= 4 is 23.7 Å². The van der Waals surface area contributed by atoms with Crippen molar-refractivity contribution in [1.29, 1.82) is 0 Å². The minimum Gasteiger partial charge on any atom is -0.465 e. The number of nitrogens with zero attached hydrogens (tertiary/aromatic N) is 3. The van der Waals surface area contributed by atoms with E-state index in [2.05, 4.69) is 20.2 Å². The van der Waals surface area contributed by atoms with Gasteiger partial charge in [0.2, 0.25) is 0 Å².